The minimum absolute atomic E-state index is 0.456. The van der Waals surface area contributed by atoms with E-state index in [0.717, 1.165) is 19.9 Å². The summed E-state index contributed by atoms with van der Waals surface area (Å²) < 4.78 is 75.4. The highest BCUT2D eigenvalue weighted by Gasteiger charge is 2.54. The van der Waals surface area contributed by atoms with Crippen LogP contribution in [0.3, 0.4) is 0 Å². The minimum Gasteiger partial charge on any atom is -0.170 e. The molecule has 0 spiro atoms. The molecule has 1 rings (SSSR count). The van der Waals surface area contributed by atoms with Crippen molar-refractivity contribution in [2.45, 2.75) is 32.6 Å². The molecule has 0 radical (unpaired) electrons. The van der Waals surface area contributed by atoms with Crippen molar-refractivity contribution in [2.75, 3.05) is 0 Å². The maximum atomic E-state index is 12.7. The standard InChI is InChI=1S/C10H10F6/c1-6-7(9(11,12)13)4-3-5-8(6,2)10(14,15)16/h3-4H,5H2,1-2H3. The molecule has 1 aliphatic rings. The Balaban J connectivity index is 3.31. The lowest BCUT2D eigenvalue weighted by molar-refractivity contribution is -0.204. The highest BCUT2D eigenvalue weighted by Crippen LogP contribution is 2.51. The summed E-state index contributed by atoms with van der Waals surface area (Å²) in [4.78, 5) is 0. The average molecular weight is 244 g/mol. The van der Waals surface area contributed by atoms with Crippen LogP contribution in [0.5, 0.6) is 0 Å². The summed E-state index contributed by atoms with van der Waals surface area (Å²) in [6.45, 7) is 1.68. The molecule has 1 unspecified atom stereocenters. The van der Waals surface area contributed by atoms with Crippen molar-refractivity contribution in [1.29, 1.82) is 0 Å². The van der Waals surface area contributed by atoms with E-state index in [1.54, 1.807) is 0 Å². The average Bonchev–Trinajstić information content (AvgIpc) is 2.05. The summed E-state index contributed by atoms with van der Waals surface area (Å²) in [5, 5.41) is 0. The quantitative estimate of drug-likeness (QED) is 0.554. The van der Waals surface area contributed by atoms with Crippen molar-refractivity contribution in [3.05, 3.63) is 23.3 Å². The second-order valence-corrected chi connectivity index (χ2v) is 3.97. The van der Waals surface area contributed by atoms with E-state index in [1.807, 2.05) is 0 Å². The SMILES string of the molecule is CC1=C(C(F)(F)F)C=CCC1(C)C(F)(F)F. The highest BCUT2D eigenvalue weighted by atomic mass is 19.4. The summed E-state index contributed by atoms with van der Waals surface area (Å²) in [6.07, 6.45) is -8.25. The maximum absolute atomic E-state index is 12.7. The first-order valence-corrected chi connectivity index (χ1v) is 4.52. The fourth-order valence-electron chi connectivity index (χ4n) is 1.62. The zero-order valence-corrected chi connectivity index (χ0v) is 8.63. The van der Waals surface area contributed by atoms with E-state index in [9.17, 15) is 26.3 Å². The van der Waals surface area contributed by atoms with Gasteiger partial charge in [0.2, 0.25) is 0 Å². The number of hydrogen-bond acceptors (Lipinski definition) is 0. The van der Waals surface area contributed by atoms with Gasteiger partial charge >= 0.3 is 12.4 Å². The van der Waals surface area contributed by atoms with Gasteiger partial charge in [0.1, 0.15) is 0 Å². The molecule has 0 N–H and O–H groups in total. The highest BCUT2D eigenvalue weighted by molar-refractivity contribution is 5.37. The Morgan fingerprint density at radius 1 is 1.12 bits per heavy atom. The molecule has 0 aromatic rings. The molecule has 0 saturated heterocycles. The van der Waals surface area contributed by atoms with E-state index in [2.05, 4.69) is 0 Å². The van der Waals surface area contributed by atoms with Crippen molar-refractivity contribution in [1.82, 2.24) is 0 Å². The molecule has 1 atom stereocenters. The topological polar surface area (TPSA) is 0 Å². The predicted molar refractivity (Wildman–Crippen MR) is 46.7 cm³/mol. The van der Waals surface area contributed by atoms with Crippen LogP contribution in [0.4, 0.5) is 26.3 Å². The first-order chi connectivity index (χ1) is 7.00. The molecule has 0 bridgehead atoms. The van der Waals surface area contributed by atoms with Gasteiger partial charge in [-0.15, -0.1) is 0 Å². The Labute approximate surface area is 88.6 Å². The number of hydrogen-bond donors (Lipinski definition) is 0. The largest absolute Gasteiger partial charge is 0.416 e. The van der Waals surface area contributed by atoms with E-state index in [-0.39, 0.29) is 0 Å². The first-order valence-electron chi connectivity index (χ1n) is 4.52. The van der Waals surface area contributed by atoms with Crippen LogP contribution in [0.25, 0.3) is 0 Å². The molecule has 92 valence electrons. The van der Waals surface area contributed by atoms with Crippen molar-refractivity contribution in [2.24, 2.45) is 5.41 Å². The van der Waals surface area contributed by atoms with Crippen molar-refractivity contribution < 1.29 is 26.3 Å². The minimum atomic E-state index is -4.74. The van der Waals surface area contributed by atoms with E-state index in [4.69, 9.17) is 0 Å². The number of alkyl halides is 6. The molecule has 0 amide bonds. The smallest absolute Gasteiger partial charge is 0.170 e. The number of allylic oxidation sites excluding steroid dienone is 4. The third-order valence-electron chi connectivity index (χ3n) is 2.97. The predicted octanol–water partition coefficient (Wildman–Crippen LogP) is 4.39. The Morgan fingerprint density at radius 2 is 1.62 bits per heavy atom. The summed E-state index contributed by atoms with van der Waals surface area (Å²) in [5.74, 6) is 0. The summed E-state index contributed by atoms with van der Waals surface area (Å²) in [5.41, 5.74) is -4.29. The summed E-state index contributed by atoms with van der Waals surface area (Å²) in [6, 6.07) is 0. The molecular weight excluding hydrogens is 234 g/mol. The second kappa shape index (κ2) is 3.53. The molecular formula is C10H10F6. The van der Waals surface area contributed by atoms with Gasteiger partial charge in [0.05, 0.1) is 11.0 Å². The van der Waals surface area contributed by atoms with E-state index >= 15 is 0 Å². The van der Waals surface area contributed by atoms with Crippen LogP contribution in [0.15, 0.2) is 23.3 Å². The fraction of sp³-hybridized carbons (Fsp3) is 0.600. The lowest BCUT2D eigenvalue weighted by Crippen LogP contribution is -2.39. The van der Waals surface area contributed by atoms with Crippen LogP contribution in [0, 0.1) is 5.41 Å². The second-order valence-electron chi connectivity index (χ2n) is 3.97. The normalized spacial score (nSPS) is 27.5. The lowest BCUT2D eigenvalue weighted by atomic mass is 9.74. The Kier molecular flexibility index (Phi) is 2.90. The van der Waals surface area contributed by atoms with Gasteiger partial charge < -0.3 is 0 Å². The molecule has 1 aliphatic carbocycles. The molecule has 0 nitrogen and oxygen atoms in total. The lowest BCUT2D eigenvalue weighted by Gasteiger charge is -2.36. The Bertz CT molecular complexity index is 343. The molecule has 0 aliphatic heterocycles. The van der Waals surface area contributed by atoms with Gasteiger partial charge in [-0.2, -0.15) is 26.3 Å². The van der Waals surface area contributed by atoms with Crippen molar-refractivity contribution in [3.63, 3.8) is 0 Å². The van der Waals surface area contributed by atoms with E-state index in [0.29, 0.717) is 6.08 Å². The van der Waals surface area contributed by atoms with Gasteiger partial charge in [-0.25, -0.2) is 0 Å². The summed E-state index contributed by atoms with van der Waals surface area (Å²) >= 11 is 0. The number of halogens is 6. The van der Waals surface area contributed by atoms with Crippen molar-refractivity contribution in [3.8, 4) is 0 Å². The summed E-state index contributed by atoms with van der Waals surface area (Å²) in [7, 11) is 0. The first kappa shape index (κ1) is 13.1. The molecule has 6 heteroatoms. The van der Waals surface area contributed by atoms with Gasteiger partial charge in [0.25, 0.3) is 0 Å². The van der Waals surface area contributed by atoms with E-state index in [1.165, 1.54) is 0 Å². The molecule has 0 saturated carbocycles. The monoisotopic (exact) mass is 244 g/mol. The third-order valence-corrected chi connectivity index (χ3v) is 2.97. The van der Waals surface area contributed by atoms with Crippen molar-refractivity contribution >= 4 is 0 Å². The van der Waals surface area contributed by atoms with Gasteiger partial charge in [-0.3, -0.25) is 0 Å². The van der Waals surface area contributed by atoms with Gasteiger partial charge in [0.15, 0.2) is 0 Å². The Hall–Kier alpha value is -0.940. The van der Waals surface area contributed by atoms with Gasteiger partial charge in [-0.1, -0.05) is 12.2 Å². The van der Waals surface area contributed by atoms with E-state index < -0.39 is 35.3 Å². The van der Waals surface area contributed by atoms with Crippen LogP contribution in [0.1, 0.15) is 20.3 Å². The van der Waals surface area contributed by atoms with Crippen LogP contribution >= 0.6 is 0 Å². The van der Waals surface area contributed by atoms with Gasteiger partial charge in [-0.05, 0) is 25.8 Å². The Morgan fingerprint density at radius 3 is 2.00 bits per heavy atom. The molecule has 0 aromatic carbocycles. The van der Waals surface area contributed by atoms with Crippen LogP contribution in [-0.2, 0) is 0 Å². The number of rotatable bonds is 0. The zero-order chi connectivity index (χ0) is 12.8. The molecule has 16 heavy (non-hydrogen) atoms. The van der Waals surface area contributed by atoms with Crippen LogP contribution in [-0.4, -0.2) is 12.4 Å². The van der Waals surface area contributed by atoms with Crippen LogP contribution < -0.4 is 0 Å². The van der Waals surface area contributed by atoms with Gasteiger partial charge in [0, 0.05) is 0 Å². The molecule has 0 fully saturated rings. The third kappa shape index (κ3) is 1.97. The molecule has 0 aromatic heterocycles. The fourth-order valence-corrected chi connectivity index (χ4v) is 1.62. The zero-order valence-electron chi connectivity index (χ0n) is 8.63. The maximum Gasteiger partial charge on any atom is 0.416 e. The molecule has 0 heterocycles. The van der Waals surface area contributed by atoms with Crippen LogP contribution in [0.2, 0.25) is 0 Å².